The van der Waals surface area contributed by atoms with Crippen LogP contribution in [0.15, 0.2) is 18.3 Å². The first-order valence-electron chi connectivity index (χ1n) is 4.87. The maximum Gasteiger partial charge on any atom is 0.416 e. The zero-order valence-corrected chi connectivity index (χ0v) is 9.17. The Kier molecular flexibility index (Phi) is 2.45. The Hall–Kier alpha value is -1.85. The molecule has 0 aliphatic carbocycles. The van der Waals surface area contributed by atoms with Crippen molar-refractivity contribution in [3.05, 3.63) is 35.3 Å². The molecule has 0 fully saturated rings. The van der Waals surface area contributed by atoms with E-state index in [-0.39, 0.29) is 11.4 Å². The Bertz CT molecular complexity index is 599. The highest BCUT2D eigenvalue weighted by atomic mass is 19.4. The van der Waals surface area contributed by atoms with Crippen LogP contribution in [0.2, 0.25) is 0 Å². The maximum atomic E-state index is 12.5. The summed E-state index contributed by atoms with van der Waals surface area (Å²) in [4.78, 5) is 15.3. The predicted molar refractivity (Wildman–Crippen MR) is 54.9 cm³/mol. The van der Waals surface area contributed by atoms with Crippen molar-refractivity contribution in [2.24, 2.45) is 0 Å². The average molecular weight is 242 g/mol. The molecule has 0 aromatic carbocycles. The Morgan fingerprint density at radius 1 is 1.41 bits per heavy atom. The molecule has 0 aliphatic heterocycles. The summed E-state index contributed by atoms with van der Waals surface area (Å²) in [5.41, 5.74) is 0.0955. The van der Waals surface area contributed by atoms with Crippen molar-refractivity contribution in [2.45, 2.75) is 20.0 Å². The molecular formula is C11H9F3N2O. The van der Waals surface area contributed by atoms with E-state index in [1.54, 1.807) is 6.92 Å². The van der Waals surface area contributed by atoms with Crippen LogP contribution in [0.5, 0.6) is 0 Å². The minimum atomic E-state index is -4.40. The largest absolute Gasteiger partial charge is 0.416 e. The molecular weight excluding hydrogens is 233 g/mol. The minimum absolute atomic E-state index is 0.127. The molecule has 0 spiro atoms. The second kappa shape index (κ2) is 3.58. The number of carbonyl (C=O) groups is 1. The number of rotatable bonds is 1. The molecule has 2 heterocycles. The van der Waals surface area contributed by atoms with E-state index in [1.807, 2.05) is 0 Å². The van der Waals surface area contributed by atoms with Crippen LogP contribution in [0.25, 0.3) is 5.65 Å². The van der Waals surface area contributed by atoms with Gasteiger partial charge in [-0.2, -0.15) is 13.2 Å². The smallest absolute Gasteiger partial charge is 0.297 e. The molecule has 0 saturated heterocycles. The van der Waals surface area contributed by atoms with Crippen LogP contribution in [-0.2, 0) is 6.18 Å². The summed E-state index contributed by atoms with van der Waals surface area (Å²) in [7, 11) is 0. The number of pyridine rings is 1. The van der Waals surface area contributed by atoms with Gasteiger partial charge in [0, 0.05) is 13.1 Å². The molecule has 0 N–H and O–H groups in total. The van der Waals surface area contributed by atoms with Crippen LogP contribution in [0, 0.1) is 6.92 Å². The fourth-order valence-corrected chi connectivity index (χ4v) is 1.76. The van der Waals surface area contributed by atoms with Crippen LogP contribution in [0.1, 0.15) is 28.7 Å². The highest BCUT2D eigenvalue weighted by Gasteiger charge is 2.31. The van der Waals surface area contributed by atoms with Gasteiger partial charge in [-0.05, 0) is 19.1 Å². The van der Waals surface area contributed by atoms with Crippen molar-refractivity contribution in [3.63, 3.8) is 0 Å². The standard InChI is InChI=1S/C11H9F3N2O/c1-6-10(7(2)17)16-4-3-8(11(12,13)14)5-9(16)15-6/h3-5H,1-2H3. The van der Waals surface area contributed by atoms with Gasteiger partial charge in [-0.25, -0.2) is 4.98 Å². The van der Waals surface area contributed by atoms with Crippen LogP contribution in [0.3, 0.4) is 0 Å². The second-order valence-electron chi connectivity index (χ2n) is 3.74. The van der Waals surface area contributed by atoms with Gasteiger partial charge in [0.2, 0.25) is 0 Å². The number of aryl methyl sites for hydroxylation is 1. The molecule has 0 atom stereocenters. The number of alkyl halides is 3. The lowest BCUT2D eigenvalue weighted by Gasteiger charge is -2.06. The number of fused-ring (bicyclic) bond motifs is 1. The van der Waals surface area contributed by atoms with Crippen LogP contribution >= 0.6 is 0 Å². The van der Waals surface area contributed by atoms with E-state index in [4.69, 9.17) is 0 Å². The fraction of sp³-hybridized carbons (Fsp3) is 0.273. The van der Waals surface area contributed by atoms with Crippen molar-refractivity contribution in [1.82, 2.24) is 9.38 Å². The molecule has 3 nitrogen and oxygen atoms in total. The van der Waals surface area contributed by atoms with Gasteiger partial charge in [-0.1, -0.05) is 0 Å². The Labute approximate surface area is 94.9 Å². The van der Waals surface area contributed by atoms with E-state index < -0.39 is 11.7 Å². The molecule has 2 aromatic heterocycles. The number of nitrogens with zero attached hydrogens (tertiary/aromatic N) is 2. The summed E-state index contributed by atoms with van der Waals surface area (Å²) in [5.74, 6) is -0.227. The number of aromatic nitrogens is 2. The lowest BCUT2D eigenvalue weighted by atomic mass is 10.2. The van der Waals surface area contributed by atoms with Crippen molar-refractivity contribution >= 4 is 11.4 Å². The number of Topliss-reactive ketones (excluding diaryl/α,β-unsaturated/α-hetero) is 1. The predicted octanol–water partition coefficient (Wildman–Crippen LogP) is 2.86. The SMILES string of the molecule is CC(=O)c1c(C)nc2cc(C(F)(F)F)ccn12. The lowest BCUT2D eigenvalue weighted by Crippen LogP contribution is -2.06. The zero-order valence-electron chi connectivity index (χ0n) is 9.17. The molecule has 0 unspecified atom stereocenters. The summed E-state index contributed by atoms with van der Waals surface area (Å²) >= 11 is 0. The molecule has 6 heteroatoms. The summed E-state index contributed by atoms with van der Waals surface area (Å²) in [5, 5.41) is 0. The Morgan fingerprint density at radius 2 is 2.06 bits per heavy atom. The third kappa shape index (κ3) is 1.90. The molecule has 0 amide bonds. The van der Waals surface area contributed by atoms with E-state index in [0.29, 0.717) is 11.4 Å². The van der Waals surface area contributed by atoms with E-state index in [2.05, 4.69) is 4.98 Å². The topological polar surface area (TPSA) is 34.4 Å². The fourth-order valence-electron chi connectivity index (χ4n) is 1.76. The molecule has 0 bridgehead atoms. The average Bonchev–Trinajstić information content (AvgIpc) is 2.50. The number of hydrogen-bond donors (Lipinski definition) is 0. The van der Waals surface area contributed by atoms with Gasteiger partial charge in [0.1, 0.15) is 11.3 Å². The van der Waals surface area contributed by atoms with E-state index in [0.717, 1.165) is 12.1 Å². The summed E-state index contributed by atoms with van der Waals surface area (Å²) in [6.45, 7) is 2.95. The van der Waals surface area contributed by atoms with Crippen molar-refractivity contribution in [1.29, 1.82) is 0 Å². The van der Waals surface area contributed by atoms with Gasteiger partial charge in [0.15, 0.2) is 5.78 Å². The second-order valence-corrected chi connectivity index (χ2v) is 3.74. The Balaban J connectivity index is 2.70. The van der Waals surface area contributed by atoms with Crippen LogP contribution < -0.4 is 0 Å². The molecule has 2 rings (SSSR count). The van der Waals surface area contributed by atoms with Crippen molar-refractivity contribution < 1.29 is 18.0 Å². The number of halogens is 3. The lowest BCUT2D eigenvalue weighted by molar-refractivity contribution is -0.137. The monoisotopic (exact) mass is 242 g/mol. The number of hydrogen-bond acceptors (Lipinski definition) is 2. The summed E-state index contributed by atoms with van der Waals surface area (Å²) < 4.78 is 38.8. The van der Waals surface area contributed by atoms with Crippen LogP contribution in [-0.4, -0.2) is 15.2 Å². The van der Waals surface area contributed by atoms with Crippen LogP contribution in [0.4, 0.5) is 13.2 Å². The molecule has 17 heavy (non-hydrogen) atoms. The third-order valence-electron chi connectivity index (χ3n) is 2.46. The number of carbonyl (C=O) groups excluding carboxylic acids is 1. The number of imidazole rings is 1. The molecule has 90 valence electrons. The van der Waals surface area contributed by atoms with E-state index in [9.17, 15) is 18.0 Å². The summed E-state index contributed by atoms with van der Waals surface area (Å²) in [6, 6.07) is 1.86. The molecule has 2 aromatic rings. The first-order chi connectivity index (χ1) is 7.80. The van der Waals surface area contributed by atoms with Gasteiger partial charge in [-0.3, -0.25) is 9.20 Å². The highest BCUT2D eigenvalue weighted by Crippen LogP contribution is 2.30. The maximum absolute atomic E-state index is 12.5. The first-order valence-corrected chi connectivity index (χ1v) is 4.87. The quantitative estimate of drug-likeness (QED) is 0.720. The first kappa shape index (κ1) is 11.6. The molecule has 0 aliphatic rings. The van der Waals surface area contributed by atoms with E-state index in [1.165, 1.54) is 17.5 Å². The molecule has 0 saturated carbocycles. The Morgan fingerprint density at radius 3 is 2.59 bits per heavy atom. The van der Waals surface area contributed by atoms with Gasteiger partial charge in [0.05, 0.1) is 11.3 Å². The minimum Gasteiger partial charge on any atom is -0.297 e. The summed E-state index contributed by atoms with van der Waals surface area (Å²) in [6.07, 6.45) is -3.19. The third-order valence-corrected chi connectivity index (χ3v) is 2.46. The normalized spacial score (nSPS) is 12.1. The number of ketones is 1. The van der Waals surface area contributed by atoms with Gasteiger partial charge in [0.25, 0.3) is 0 Å². The van der Waals surface area contributed by atoms with Gasteiger partial charge >= 0.3 is 6.18 Å². The zero-order chi connectivity index (χ0) is 12.8. The van der Waals surface area contributed by atoms with E-state index >= 15 is 0 Å². The van der Waals surface area contributed by atoms with Crippen molar-refractivity contribution in [2.75, 3.05) is 0 Å². The molecule has 0 radical (unpaired) electrons. The van der Waals surface area contributed by atoms with Gasteiger partial charge < -0.3 is 0 Å². The van der Waals surface area contributed by atoms with Gasteiger partial charge in [-0.15, -0.1) is 0 Å². The highest BCUT2D eigenvalue weighted by molar-refractivity contribution is 5.94. The van der Waals surface area contributed by atoms with Crippen molar-refractivity contribution in [3.8, 4) is 0 Å².